The second-order valence-electron chi connectivity index (χ2n) is 5.03. The Bertz CT molecular complexity index is 789. The Balaban J connectivity index is 2.52. The number of rotatable bonds is 4. The van der Waals surface area contributed by atoms with Crippen molar-refractivity contribution in [1.82, 2.24) is 4.98 Å². The van der Waals surface area contributed by atoms with Gasteiger partial charge >= 0.3 is 0 Å². The molecule has 0 aliphatic heterocycles. The summed E-state index contributed by atoms with van der Waals surface area (Å²) in [6.07, 6.45) is -0.169. The molecule has 6 heteroatoms. The number of aromatic amines is 1. The maximum Gasteiger partial charge on any atom is 0.222 e. The van der Waals surface area contributed by atoms with Gasteiger partial charge in [-0.1, -0.05) is 17.7 Å². The van der Waals surface area contributed by atoms with Crippen molar-refractivity contribution in [3.8, 4) is 5.88 Å². The minimum atomic E-state index is -3.77. The van der Waals surface area contributed by atoms with Crippen molar-refractivity contribution >= 4 is 9.84 Å². The number of nitrogens with one attached hydrogen (secondary N) is 1. The predicted molar refractivity (Wildman–Crippen MR) is 79.5 cm³/mol. The molecule has 21 heavy (non-hydrogen) atoms. The third-order valence-electron chi connectivity index (χ3n) is 2.78. The number of pyridine rings is 1. The second kappa shape index (κ2) is 5.73. The average molecular weight is 307 g/mol. The first kappa shape index (κ1) is 15.3. The molecule has 0 atom stereocenters. The van der Waals surface area contributed by atoms with Crippen molar-refractivity contribution < 1.29 is 13.2 Å². The standard InChI is InChI=1S/C15H17NO4S/c1-10(2)20-14-8-12(17)9-15(16-14)21(18,19)13-6-4-11(3)5-7-13/h4-10H,1-3H3,(H,16,17). The van der Waals surface area contributed by atoms with Gasteiger partial charge < -0.3 is 9.72 Å². The first-order valence-electron chi connectivity index (χ1n) is 6.52. The number of hydrogen-bond donors (Lipinski definition) is 1. The van der Waals surface area contributed by atoms with Gasteiger partial charge in [-0.05, 0) is 32.9 Å². The number of benzene rings is 1. The molecule has 1 heterocycles. The van der Waals surface area contributed by atoms with Gasteiger partial charge in [-0.2, -0.15) is 0 Å². The summed E-state index contributed by atoms with van der Waals surface area (Å²) in [5.41, 5.74) is 0.537. The van der Waals surface area contributed by atoms with E-state index in [0.717, 1.165) is 11.6 Å². The Labute approximate surface area is 123 Å². The summed E-state index contributed by atoms with van der Waals surface area (Å²) >= 11 is 0. The fourth-order valence-electron chi connectivity index (χ4n) is 1.80. The summed E-state index contributed by atoms with van der Waals surface area (Å²) in [5, 5.41) is -0.172. The van der Waals surface area contributed by atoms with Crippen LogP contribution < -0.4 is 10.2 Å². The molecule has 0 saturated heterocycles. The van der Waals surface area contributed by atoms with Crippen LogP contribution in [0.5, 0.6) is 5.88 Å². The van der Waals surface area contributed by atoms with E-state index >= 15 is 0 Å². The number of H-pyrrole nitrogens is 1. The van der Waals surface area contributed by atoms with E-state index in [1.54, 1.807) is 26.0 Å². The van der Waals surface area contributed by atoms with Gasteiger partial charge in [0.25, 0.3) is 0 Å². The molecular formula is C15H17NO4S. The highest BCUT2D eigenvalue weighted by Crippen LogP contribution is 2.20. The molecule has 2 rings (SSSR count). The molecule has 112 valence electrons. The van der Waals surface area contributed by atoms with Crippen LogP contribution in [0, 0.1) is 6.92 Å². The number of aryl methyl sites for hydroxylation is 1. The zero-order chi connectivity index (χ0) is 15.6. The van der Waals surface area contributed by atoms with Crippen LogP contribution in [0.25, 0.3) is 0 Å². The molecule has 1 aromatic heterocycles. The minimum Gasteiger partial charge on any atom is -0.476 e. The van der Waals surface area contributed by atoms with Gasteiger partial charge in [0, 0.05) is 12.1 Å². The van der Waals surface area contributed by atoms with Crippen LogP contribution in [0.1, 0.15) is 19.4 Å². The second-order valence-corrected chi connectivity index (χ2v) is 6.95. The molecule has 0 fully saturated rings. The van der Waals surface area contributed by atoms with Gasteiger partial charge in [-0.15, -0.1) is 0 Å². The summed E-state index contributed by atoms with van der Waals surface area (Å²) in [7, 11) is -3.77. The van der Waals surface area contributed by atoms with Crippen LogP contribution in [0.2, 0.25) is 0 Å². The smallest absolute Gasteiger partial charge is 0.222 e. The van der Waals surface area contributed by atoms with E-state index < -0.39 is 15.3 Å². The third-order valence-corrected chi connectivity index (χ3v) is 4.47. The summed E-state index contributed by atoms with van der Waals surface area (Å²) in [5.74, 6) is 0.142. The Morgan fingerprint density at radius 3 is 2.29 bits per heavy atom. The summed E-state index contributed by atoms with van der Waals surface area (Å²) in [4.78, 5) is 14.5. The minimum absolute atomic E-state index is 0.130. The van der Waals surface area contributed by atoms with Crippen LogP contribution in [0.15, 0.2) is 51.1 Å². The fourth-order valence-corrected chi connectivity index (χ4v) is 3.05. The number of ether oxygens (including phenoxy) is 1. The van der Waals surface area contributed by atoms with Crippen LogP contribution in [0.3, 0.4) is 0 Å². The predicted octanol–water partition coefficient (Wildman–Crippen LogP) is 2.30. The molecule has 0 aliphatic carbocycles. The molecule has 1 N–H and O–H groups in total. The van der Waals surface area contributed by atoms with Crippen molar-refractivity contribution in [2.45, 2.75) is 36.8 Å². The maximum atomic E-state index is 12.5. The maximum absolute atomic E-state index is 12.5. The Morgan fingerprint density at radius 1 is 1.10 bits per heavy atom. The molecule has 0 bridgehead atoms. The third kappa shape index (κ3) is 3.52. The zero-order valence-electron chi connectivity index (χ0n) is 12.1. The molecule has 0 radical (unpaired) electrons. The van der Waals surface area contributed by atoms with E-state index in [4.69, 9.17) is 4.74 Å². The van der Waals surface area contributed by atoms with Gasteiger partial charge in [0.15, 0.2) is 11.3 Å². The molecule has 5 nitrogen and oxygen atoms in total. The topological polar surface area (TPSA) is 76.2 Å². The van der Waals surface area contributed by atoms with E-state index in [2.05, 4.69) is 4.98 Å². The van der Waals surface area contributed by atoms with Crippen molar-refractivity contribution in [3.05, 3.63) is 52.2 Å². The van der Waals surface area contributed by atoms with E-state index in [0.29, 0.717) is 0 Å². The monoisotopic (exact) mass is 307 g/mol. The van der Waals surface area contributed by atoms with E-state index in [9.17, 15) is 13.2 Å². The van der Waals surface area contributed by atoms with Crippen LogP contribution in [-0.4, -0.2) is 19.5 Å². The van der Waals surface area contributed by atoms with Crippen LogP contribution >= 0.6 is 0 Å². The first-order chi connectivity index (χ1) is 9.79. The molecule has 0 unspecified atom stereocenters. The fraction of sp³-hybridized carbons (Fsp3) is 0.267. The van der Waals surface area contributed by atoms with Gasteiger partial charge in [0.2, 0.25) is 9.84 Å². The lowest BCUT2D eigenvalue weighted by molar-refractivity contribution is 0.230. The lowest BCUT2D eigenvalue weighted by Crippen LogP contribution is -2.14. The van der Waals surface area contributed by atoms with Crippen molar-refractivity contribution in [2.24, 2.45) is 0 Å². The van der Waals surface area contributed by atoms with Gasteiger partial charge in [-0.3, -0.25) is 4.79 Å². The number of sulfone groups is 1. The lowest BCUT2D eigenvalue weighted by Gasteiger charge is -2.11. The van der Waals surface area contributed by atoms with Gasteiger partial charge in [-0.25, -0.2) is 8.42 Å². The SMILES string of the molecule is Cc1ccc(S(=O)(=O)c2cc(=O)cc(OC(C)C)[nH]2)cc1. The summed E-state index contributed by atoms with van der Waals surface area (Å²) in [6, 6.07) is 8.73. The highest BCUT2D eigenvalue weighted by atomic mass is 32.2. The molecule has 0 aliphatic rings. The molecule has 2 aromatic rings. The first-order valence-corrected chi connectivity index (χ1v) is 8.00. The summed E-state index contributed by atoms with van der Waals surface area (Å²) in [6.45, 7) is 5.45. The van der Waals surface area contributed by atoms with Crippen LogP contribution in [-0.2, 0) is 9.84 Å². The Morgan fingerprint density at radius 2 is 1.71 bits per heavy atom. The highest BCUT2D eigenvalue weighted by molar-refractivity contribution is 7.91. The Hall–Kier alpha value is -2.08. The van der Waals surface area contributed by atoms with Crippen molar-refractivity contribution in [3.63, 3.8) is 0 Å². The van der Waals surface area contributed by atoms with Crippen molar-refractivity contribution in [1.29, 1.82) is 0 Å². The Kier molecular flexibility index (Phi) is 4.18. The average Bonchev–Trinajstić information content (AvgIpc) is 2.37. The normalized spacial score (nSPS) is 11.6. The zero-order valence-corrected chi connectivity index (χ0v) is 12.9. The van der Waals surface area contributed by atoms with E-state index in [1.807, 2.05) is 6.92 Å². The molecule has 0 spiro atoms. The molecule has 0 saturated carbocycles. The number of hydrogen-bond acceptors (Lipinski definition) is 4. The quantitative estimate of drug-likeness (QED) is 0.940. The molecule has 1 aromatic carbocycles. The van der Waals surface area contributed by atoms with Gasteiger partial charge in [0.05, 0.1) is 11.0 Å². The summed E-state index contributed by atoms with van der Waals surface area (Å²) < 4.78 is 30.4. The highest BCUT2D eigenvalue weighted by Gasteiger charge is 2.19. The largest absolute Gasteiger partial charge is 0.476 e. The molecular weight excluding hydrogens is 290 g/mol. The molecule has 0 amide bonds. The van der Waals surface area contributed by atoms with Crippen molar-refractivity contribution in [2.75, 3.05) is 0 Å². The number of aromatic nitrogens is 1. The van der Waals surface area contributed by atoms with Gasteiger partial charge in [0.1, 0.15) is 5.03 Å². The van der Waals surface area contributed by atoms with E-state index in [1.165, 1.54) is 18.2 Å². The van der Waals surface area contributed by atoms with Crippen LogP contribution in [0.4, 0.5) is 0 Å². The van der Waals surface area contributed by atoms with E-state index in [-0.39, 0.29) is 21.9 Å². The lowest BCUT2D eigenvalue weighted by atomic mass is 10.2.